The third-order valence-corrected chi connectivity index (χ3v) is 5.32. The first-order chi connectivity index (χ1) is 17.6. The number of hydrogen-bond donors (Lipinski definition) is 2. The van der Waals surface area contributed by atoms with Crippen LogP contribution in [0.2, 0.25) is 0 Å². The molecule has 0 aliphatic rings. The van der Waals surface area contributed by atoms with Gasteiger partial charge < -0.3 is 10.5 Å². The topological polar surface area (TPSA) is 146 Å². The van der Waals surface area contributed by atoms with Crippen molar-refractivity contribution in [3.63, 3.8) is 0 Å². The Hall–Kier alpha value is -5.32. The van der Waals surface area contributed by atoms with Gasteiger partial charge in [0.2, 0.25) is 11.6 Å². The molecule has 1 amide bonds. The lowest BCUT2D eigenvalue weighted by atomic mass is 10.0. The van der Waals surface area contributed by atoms with Crippen LogP contribution in [0.5, 0.6) is 5.75 Å². The normalized spacial score (nSPS) is 11.0. The molecule has 0 bridgehead atoms. The van der Waals surface area contributed by atoms with Crippen LogP contribution in [0.15, 0.2) is 88.6 Å². The maximum absolute atomic E-state index is 13.0. The summed E-state index contributed by atoms with van der Waals surface area (Å²) in [6, 6.07) is 24.9. The first-order valence-corrected chi connectivity index (χ1v) is 10.8. The number of hydrazone groups is 1. The molecule has 178 valence electrons. The minimum Gasteiger partial charge on any atom is -0.497 e. The molecule has 0 aliphatic heterocycles. The van der Waals surface area contributed by atoms with E-state index in [1.54, 1.807) is 37.6 Å². The number of aromatic nitrogens is 5. The van der Waals surface area contributed by atoms with Gasteiger partial charge in [-0.3, -0.25) is 4.79 Å². The number of methoxy groups -OCH3 is 1. The zero-order chi connectivity index (χ0) is 24.9. The maximum atomic E-state index is 13.0. The van der Waals surface area contributed by atoms with Gasteiger partial charge in [-0.05, 0) is 39.1 Å². The number of amides is 1. The SMILES string of the molecule is COc1cccc(-c2c(C(=O)N/N=C\c3ccc(-c4ccccc4)cc3)nnn2-c2nonc2N)c1. The Morgan fingerprint density at radius 1 is 1.00 bits per heavy atom. The largest absolute Gasteiger partial charge is 0.497 e. The first kappa shape index (κ1) is 22.5. The summed E-state index contributed by atoms with van der Waals surface area (Å²) in [5.41, 5.74) is 12.3. The summed E-state index contributed by atoms with van der Waals surface area (Å²) in [4.78, 5) is 13.0. The van der Waals surface area contributed by atoms with Crippen molar-refractivity contribution < 1.29 is 14.2 Å². The summed E-state index contributed by atoms with van der Waals surface area (Å²) >= 11 is 0. The van der Waals surface area contributed by atoms with E-state index >= 15 is 0 Å². The van der Waals surface area contributed by atoms with Crippen LogP contribution >= 0.6 is 0 Å². The molecule has 5 rings (SSSR count). The van der Waals surface area contributed by atoms with Gasteiger partial charge in [-0.2, -0.15) is 9.78 Å². The quantitative estimate of drug-likeness (QED) is 0.266. The second kappa shape index (κ2) is 9.89. The van der Waals surface area contributed by atoms with E-state index in [9.17, 15) is 4.79 Å². The van der Waals surface area contributed by atoms with Crippen molar-refractivity contribution in [2.45, 2.75) is 0 Å². The maximum Gasteiger partial charge on any atom is 0.294 e. The first-order valence-electron chi connectivity index (χ1n) is 10.8. The number of anilines is 1. The Kier molecular flexibility index (Phi) is 6.17. The summed E-state index contributed by atoms with van der Waals surface area (Å²) in [7, 11) is 1.54. The lowest BCUT2D eigenvalue weighted by Crippen LogP contribution is -2.19. The molecule has 5 aromatic rings. The number of nitrogen functional groups attached to an aromatic ring is 1. The van der Waals surface area contributed by atoms with Gasteiger partial charge in [0.1, 0.15) is 11.4 Å². The lowest BCUT2D eigenvalue weighted by molar-refractivity contribution is 0.0950. The van der Waals surface area contributed by atoms with E-state index in [1.165, 1.54) is 4.68 Å². The Morgan fingerprint density at radius 3 is 2.47 bits per heavy atom. The molecule has 0 unspecified atom stereocenters. The number of carbonyl (C=O) groups is 1. The highest BCUT2D eigenvalue weighted by atomic mass is 16.6. The number of rotatable bonds is 7. The molecular weight excluding hydrogens is 460 g/mol. The molecule has 3 N–H and O–H groups in total. The fourth-order valence-electron chi connectivity index (χ4n) is 3.56. The van der Waals surface area contributed by atoms with Crippen LogP contribution in [-0.2, 0) is 0 Å². The van der Waals surface area contributed by atoms with E-state index < -0.39 is 5.91 Å². The Bertz CT molecular complexity index is 1520. The third-order valence-electron chi connectivity index (χ3n) is 5.32. The molecule has 0 saturated carbocycles. The van der Waals surface area contributed by atoms with Crippen molar-refractivity contribution >= 4 is 17.9 Å². The van der Waals surface area contributed by atoms with Crippen LogP contribution in [0.3, 0.4) is 0 Å². The summed E-state index contributed by atoms with van der Waals surface area (Å²) in [6.45, 7) is 0. The van der Waals surface area contributed by atoms with Crippen molar-refractivity contribution in [2.24, 2.45) is 5.10 Å². The van der Waals surface area contributed by atoms with Gasteiger partial charge in [0.05, 0.1) is 13.3 Å². The van der Waals surface area contributed by atoms with Crippen LogP contribution in [-0.4, -0.2) is 44.5 Å². The zero-order valence-corrected chi connectivity index (χ0v) is 19.1. The molecule has 36 heavy (non-hydrogen) atoms. The van der Waals surface area contributed by atoms with E-state index in [-0.39, 0.29) is 17.3 Å². The van der Waals surface area contributed by atoms with E-state index in [4.69, 9.17) is 15.1 Å². The van der Waals surface area contributed by atoms with Gasteiger partial charge in [-0.15, -0.1) is 5.10 Å². The predicted molar refractivity (Wildman–Crippen MR) is 133 cm³/mol. The predicted octanol–water partition coefficient (Wildman–Crippen LogP) is 3.34. The fraction of sp³-hybridized carbons (Fsp3) is 0.0400. The molecule has 11 heteroatoms. The molecule has 3 aromatic carbocycles. The molecule has 2 aromatic heterocycles. The number of nitrogens with two attached hydrogens (primary N) is 1. The molecule has 0 aliphatic carbocycles. The van der Waals surface area contributed by atoms with Crippen LogP contribution in [0.4, 0.5) is 5.82 Å². The second-order valence-electron chi connectivity index (χ2n) is 7.59. The number of benzene rings is 3. The van der Waals surface area contributed by atoms with Gasteiger partial charge in [0.25, 0.3) is 5.91 Å². The van der Waals surface area contributed by atoms with E-state index in [1.807, 2.05) is 54.6 Å². The van der Waals surface area contributed by atoms with Crippen LogP contribution < -0.4 is 15.9 Å². The molecule has 0 spiro atoms. The van der Waals surface area contributed by atoms with E-state index in [0.717, 1.165) is 16.7 Å². The van der Waals surface area contributed by atoms with E-state index in [2.05, 4.69) is 31.2 Å². The lowest BCUT2D eigenvalue weighted by Gasteiger charge is -2.07. The number of hydrogen-bond acceptors (Lipinski definition) is 9. The Labute approximate surface area is 205 Å². The number of nitrogens with zero attached hydrogens (tertiary/aromatic N) is 6. The van der Waals surface area contributed by atoms with Gasteiger partial charge in [0, 0.05) is 5.56 Å². The van der Waals surface area contributed by atoms with Crippen molar-refractivity contribution in [1.29, 1.82) is 0 Å². The average Bonchev–Trinajstić information content (AvgIpc) is 3.55. The highest BCUT2D eigenvalue weighted by molar-refractivity contribution is 5.99. The average molecular weight is 480 g/mol. The number of carbonyl (C=O) groups excluding carboxylic acids is 1. The Balaban J connectivity index is 1.40. The van der Waals surface area contributed by atoms with Gasteiger partial charge in [0.15, 0.2) is 5.69 Å². The minimum absolute atomic E-state index is 0.00206. The Morgan fingerprint density at radius 2 is 1.75 bits per heavy atom. The summed E-state index contributed by atoms with van der Waals surface area (Å²) in [5, 5.41) is 19.5. The number of ether oxygens (including phenoxy) is 1. The van der Waals surface area contributed by atoms with Crippen molar-refractivity contribution in [2.75, 3.05) is 12.8 Å². The van der Waals surface area contributed by atoms with Crippen LogP contribution in [0.1, 0.15) is 16.1 Å². The summed E-state index contributed by atoms with van der Waals surface area (Å²) in [6.07, 6.45) is 1.54. The molecule has 0 radical (unpaired) electrons. The third kappa shape index (κ3) is 4.53. The van der Waals surface area contributed by atoms with Crippen LogP contribution in [0.25, 0.3) is 28.2 Å². The van der Waals surface area contributed by atoms with E-state index in [0.29, 0.717) is 17.0 Å². The van der Waals surface area contributed by atoms with Crippen LogP contribution in [0, 0.1) is 0 Å². The smallest absolute Gasteiger partial charge is 0.294 e. The standard InChI is InChI=1S/C25H20N8O3/c1-35-20-9-5-8-19(14-20)22-21(28-32-33(22)24-23(26)30-36-31-24)25(34)29-27-15-16-10-12-18(13-11-16)17-6-3-2-4-7-17/h2-15H,1H3,(H2,26,30)(H,29,34)/b27-15-. The van der Waals surface area contributed by atoms with Gasteiger partial charge in [-0.25, -0.2) is 10.1 Å². The molecule has 2 heterocycles. The fourth-order valence-corrected chi connectivity index (χ4v) is 3.56. The minimum atomic E-state index is -0.578. The summed E-state index contributed by atoms with van der Waals surface area (Å²) < 4.78 is 11.3. The van der Waals surface area contributed by atoms with Crippen molar-refractivity contribution in [1.82, 2.24) is 30.7 Å². The van der Waals surface area contributed by atoms with Crippen molar-refractivity contribution in [3.05, 3.63) is 90.1 Å². The zero-order valence-electron chi connectivity index (χ0n) is 19.1. The van der Waals surface area contributed by atoms with Crippen molar-refractivity contribution in [3.8, 4) is 34.0 Å². The van der Waals surface area contributed by atoms with Gasteiger partial charge >= 0.3 is 0 Å². The molecule has 0 saturated heterocycles. The monoisotopic (exact) mass is 480 g/mol. The molecule has 11 nitrogen and oxygen atoms in total. The van der Waals surface area contributed by atoms with Gasteiger partial charge in [-0.1, -0.05) is 71.9 Å². The molecule has 0 atom stereocenters. The highest BCUT2D eigenvalue weighted by Gasteiger charge is 2.25. The molecule has 0 fully saturated rings. The second-order valence-corrected chi connectivity index (χ2v) is 7.59. The summed E-state index contributed by atoms with van der Waals surface area (Å²) in [5.74, 6) is 0.0930. The molecular formula is C25H20N8O3. The number of nitrogens with one attached hydrogen (secondary N) is 1. The highest BCUT2D eigenvalue weighted by Crippen LogP contribution is 2.29.